The van der Waals surface area contributed by atoms with Crippen molar-refractivity contribution in [1.82, 2.24) is 10.2 Å². The van der Waals surface area contributed by atoms with Crippen LogP contribution in [0.15, 0.2) is 36.4 Å². The molecule has 2 aromatic rings. The SMILES string of the molecule is CC[C@H](C(=O)NC1CCCCC1)N(Cc1ccc(Cl)c(Cl)c1)C(=O)CCCN(c1cccc(C)c1C)S(C)(=O)=O. The van der Waals surface area contributed by atoms with E-state index in [2.05, 4.69) is 5.32 Å². The Bertz CT molecular complexity index is 1300. The molecule has 3 rings (SSSR count). The van der Waals surface area contributed by atoms with Gasteiger partial charge in [-0.2, -0.15) is 0 Å². The van der Waals surface area contributed by atoms with Crippen molar-refractivity contribution in [2.45, 2.75) is 90.8 Å². The van der Waals surface area contributed by atoms with Crippen LogP contribution in [0.3, 0.4) is 0 Å². The fourth-order valence-corrected chi connectivity index (χ4v) is 6.62. The van der Waals surface area contributed by atoms with E-state index in [0.717, 1.165) is 42.4 Å². The highest BCUT2D eigenvalue weighted by Crippen LogP contribution is 2.27. The normalized spacial score (nSPS) is 14.9. The van der Waals surface area contributed by atoms with Gasteiger partial charge in [-0.15, -0.1) is 0 Å². The molecule has 220 valence electrons. The van der Waals surface area contributed by atoms with Gasteiger partial charge in [-0.25, -0.2) is 8.42 Å². The molecule has 0 aliphatic heterocycles. The highest BCUT2D eigenvalue weighted by atomic mass is 35.5. The molecular formula is C30H41Cl2N3O4S. The summed E-state index contributed by atoms with van der Waals surface area (Å²) in [5, 5.41) is 3.96. The van der Waals surface area contributed by atoms with Crippen molar-refractivity contribution < 1.29 is 18.0 Å². The highest BCUT2D eigenvalue weighted by Gasteiger charge is 2.30. The number of rotatable bonds is 12. The predicted molar refractivity (Wildman–Crippen MR) is 163 cm³/mol. The summed E-state index contributed by atoms with van der Waals surface area (Å²) < 4.78 is 26.7. The summed E-state index contributed by atoms with van der Waals surface area (Å²) in [6.07, 6.45) is 7.27. The van der Waals surface area contributed by atoms with Gasteiger partial charge in [0, 0.05) is 25.6 Å². The lowest BCUT2D eigenvalue weighted by Crippen LogP contribution is -2.51. The molecular weight excluding hydrogens is 569 g/mol. The van der Waals surface area contributed by atoms with Gasteiger partial charge in [-0.05, 0) is 74.4 Å². The van der Waals surface area contributed by atoms with Crippen molar-refractivity contribution in [2.24, 2.45) is 0 Å². The molecule has 0 radical (unpaired) electrons. The van der Waals surface area contributed by atoms with E-state index in [1.807, 2.05) is 32.9 Å². The number of anilines is 1. The maximum absolute atomic E-state index is 13.7. The van der Waals surface area contributed by atoms with Gasteiger partial charge in [0.05, 0.1) is 22.0 Å². The van der Waals surface area contributed by atoms with E-state index in [4.69, 9.17) is 23.2 Å². The third kappa shape index (κ3) is 8.60. The molecule has 1 N–H and O–H groups in total. The Kier molecular flexibility index (Phi) is 11.7. The first kappa shape index (κ1) is 32.2. The zero-order valence-corrected chi connectivity index (χ0v) is 26.2. The number of sulfonamides is 1. The van der Waals surface area contributed by atoms with E-state index in [9.17, 15) is 18.0 Å². The standard InChI is InChI=1S/C30H41Cl2N3O4S/c1-5-27(30(37)33-24-12-7-6-8-13-24)34(20-23-16-17-25(31)26(32)19-23)29(36)15-10-18-35(40(4,38)39)28-14-9-11-21(2)22(28)3/h9,11,14,16-17,19,24,27H,5-8,10,12-13,15,18,20H2,1-4H3,(H,33,37)/t27-/m1/s1. The Morgan fingerprint density at radius 3 is 2.38 bits per heavy atom. The summed E-state index contributed by atoms with van der Waals surface area (Å²) >= 11 is 12.4. The average Bonchev–Trinajstić information content (AvgIpc) is 2.90. The number of carbonyl (C=O) groups is 2. The first-order valence-corrected chi connectivity index (χ1v) is 16.6. The van der Waals surface area contributed by atoms with Crippen LogP contribution in [0.4, 0.5) is 5.69 Å². The van der Waals surface area contributed by atoms with Crippen LogP contribution < -0.4 is 9.62 Å². The topological polar surface area (TPSA) is 86.8 Å². The van der Waals surface area contributed by atoms with Crippen molar-refractivity contribution in [3.8, 4) is 0 Å². The fourth-order valence-electron chi connectivity index (χ4n) is 5.29. The molecule has 1 aliphatic rings. The fraction of sp³-hybridized carbons (Fsp3) is 0.533. The second kappa shape index (κ2) is 14.6. The lowest BCUT2D eigenvalue weighted by Gasteiger charge is -2.33. The smallest absolute Gasteiger partial charge is 0.243 e. The van der Waals surface area contributed by atoms with Crippen LogP contribution in [0.5, 0.6) is 0 Å². The minimum absolute atomic E-state index is 0.0887. The van der Waals surface area contributed by atoms with Crippen LogP contribution >= 0.6 is 23.2 Å². The van der Waals surface area contributed by atoms with Crippen LogP contribution in [0.25, 0.3) is 0 Å². The number of benzene rings is 2. The quantitative estimate of drug-likeness (QED) is 0.301. The van der Waals surface area contributed by atoms with E-state index in [-0.39, 0.29) is 37.4 Å². The molecule has 1 atom stereocenters. The molecule has 0 bridgehead atoms. The zero-order valence-electron chi connectivity index (χ0n) is 23.9. The molecule has 0 spiro atoms. The van der Waals surface area contributed by atoms with Crippen molar-refractivity contribution in [3.05, 3.63) is 63.1 Å². The summed E-state index contributed by atoms with van der Waals surface area (Å²) in [6.45, 7) is 6.07. The van der Waals surface area contributed by atoms with Gasteiger partial charge in [0.1, 0.15) is 6.04 Å². The Labute approximate surface area is 249 Å². The van der Waals surface area contributed by atoms with Gasteiger partial charge >= 0.3 is 0 Å². The molecule has 0 aromatic heterocycles. The summed E-state index contributed by atoms with van der Waals surface area (Å²) in [4.78, 5) is 28.7. The first-order chi connectivity index (χ1) is 18.9. The number of aryl methyl sites for hydroxylation is 1. The largest absolute Gasteiger partial charge is 0.352 e. The summed E-state index contributed by atoms with van der Waals surface area (Å²) in [5.74, 6) is -0.373. The molecule has 1 fully saturated rings. The molecule has 7 nitrogen and oxygen atoms in total. The van der Waals surface area contributed by atoms with Gasteiger partial charge in [0.15, 0.2) is 0 Å². The predicted octanol–water partition coefficient (Wildman–Crippen LogP) is 6.41. The molecule has 40 heavy (non-hydrogen) atoms. The van der Waals surface area contributed by atoms with Crippen LogP contribution in [-0.4, -0.2) is 50.0 Å². The lowest BCUT2D eigenvalue weighted by atomic mass is 9.95. The Morgan fingerprint density at radius 1 is 1.05 bits per heavy atom. The second-order valence-electron chi connectivity index (χ2n) is 10.7. The van der Waals surface area contributed by atoms with Crippen LogP contribution in [0, 0.1) is 13.8 Å². The van der Waals surface area contributed by atoms with Gasteiger partial charge < -0.3 is 10.2 Å². The Hall–Kier alpha value is -2.29. The minimum Gasteiger partial charge on any atom is -0.352 e. The minimum atomic E-state index is -3.57. The number of hydrogen-bond donors (Lipinski definition) is 1. The molecule has 10 heteroatoms. The number of amides is 2. The maximum Gasteiger partial charge on any atom is 0.243 e. The number of nitrogens with zero attached hydrogens (tertiary/aromatic N) is 2. The molecule has 0 heterocycles. The van der Waals surface area contributed by atoms with E-state index >= 15 is 0 Å². The number of hydrogen-bond acceptors (Lipinski definition) is 4. The van der Waals surface area contributed by atoms with Crippen molar-refractivity contribution in [2.75, 3.05) is 17.1 Å². The van der Waals surface area contributed by atoms with Crippen molar-refractivity contribution in [3.63, 3.8) is 0 Å². The maximum atomic E-state index is 13.7. The number of nitrogens with one attached hydrogen (secondary N) is 1. The highest BCUT2D eigenvalue weighted by molar-refractivity contribution is 7.92. The first-order valence-electron chi connectivity index (χ1n) is 14.0. The monoisotopic (exact) mass is 609 g/mol. The number of halogens is 2. The van der Waals surface area contributed by atoms with Crippen LogP contribution in [0.1, 0.15) is 75.0 Å². The molecule has 1 aliphatic carbocycles. The average molecular weight is 611 g/mol. The molecule has 1 saturated carbocycles. The Morgan fingerprint density at radius 2 is 1.75 bits per heavy atom. The summed E-state index contributed by atoms with van der Waals surface area (Å²) in [6, 6.07) is 10.2. The third-order valence-corrected chi connectivity index (χ3v) is 9.59. The van der Waals surface area contributed by atoms with Crippen molar-refractivity contribution >= 4 is 50.7 Å². The number of carbonyl (C=O) groups excluding carboxylic acids is 2. The molecule has 2 aromatic carbocycles. The van der Waals surface area contributed by atoms with Crippen LogP contribution in [-0.2, 0) is 26.2 Å². The second-order valence-corrected chi connectivity index (χ2v) is 13.4. The van der Waals surface area contributed by atoms with Gasteiger partial charge in [0.2, 0.25) is 21.8 Å². The van der Waals surface area contributed by atoms with Gasteiger partial charge in [-0.1, -0.05) is 67.6 Å². The molecule has 2 amide bonds. The van der Waals surface area contributed by atoms with Gasteiger partial charge in [0.25, 0.3) is 0 Å². The van der Waals surface area contributed by atoms with E-state index < -0.39 is 16.1 Å². The molecule has 0 saturated heterocycles. The van der Waals surface area contributed by atoms with E-state index in [1.54, 1.807) is 29.2 Å². The summed E-state index contributed by atoms with van der Waals surface area (Å²) in [5.41, 5.74) is 3.25. The summed E-state index contributed by atoms with van der Waals surface area (Å²) in [7, 11) is -3.57. The van der Waals surface area contributed by atoms with Gasteiger partial charge in [-0.3, -0.25) is 13.9 Å². The van der Waals surface area contributed by atoms with Crippen molar-refractivity contribution in [1.29, 1.82) is 0 Å². The Balaban J connectivity index is 1.80. The third-order valence-electron chi connectivity index (χ3n) is 7.67. The van der Waals surface area contributed by atoms with E-state index in [0.29, 0.717) is 28.6 Å². The molecule has 0 unspecified atom stereocenters. The zero-order chi connectivity index (χ0) is 29.4. The van der Waals surface area contributed by atoms with E-state index in [1.165, 1.54) is 17.0 Å². The lowest BCUT2D eigenvalue weighted by molar-refractivity contribution is -0.141. The van der Waals surface area contributed by atoms with Crippen LogP contribution in [0.2, 0.25) is 10.0 Å².